The highest BCUT2D eigenvalue weighted by atomic mass is 35.5. The number of sulfonamides is 1. The molecule has 0 bridgehead atoms. The molecule has 0 fully saturated rings. The molecule has 0 saturated heterocycles. The molecule has 2 amide bonds. The lowest BCUT2D eigenvalue weighted by Gasteiger charge is -2.35. The number of aryl methyl sites for hydroxylation is 1. The van der Waals surface area contributed by atoms with Crippen molar-refractivity contribution in [3.8, 4) is 0 Å². The largest absolute Gasteiger partial charge is 0.350 e. The average Bonchev–Trinajstić information content (AvgIpc) is 2.99. The SMILES string of the molecule is Cc1ccc(S(=O)(=O)N(CC(=O)N(Cc2ccc(Cl)c(Cl)c2)[C@H](Cc2ccccc2)C(=O)NC(C)(C)C)c2ccc(F)cc2)cc1. The first-order chi connectivity index (χ1) is 21.6. The highest BCUT2D eigenvalue weighted by Gasteiger charge is 2.35. The summed E-state index contributed by atoms with van der Waals surface area (Å²) in [6.45, 7) is 6.58. The van der Waals surface area contributed by atoms with Crippen LogP contribution in [0.15, 0.2) is 102 Å². The maximum Gasteiger partial charge on any atom is 0.264 e. The third kappa shape index (κ3) is 9.09. The van der Waals surface area contributed by atoms with Gasteiger partial charge in [0.15, 0.2) is 0 Å². The fourth-order valence-corrected chi connectivity index (χ4v) is 6.55. The van der Waals surface area contributed by atoms with Gasteiger partial charge in [-0.2, -0.15) is 0 Å². The van der Waals surface area contributed by atoms with Gasteiger partial charge in [-0.15, -0.1) is 0 Å². The maximum absolute atomic E-state index is 14.5. The maximum atomic E-state index is 14.5. The highest BCUT2D eigenvalue weighted by molar-refractivity contribution is 7.92. The van der Waals surface area contributed by atoms with Gasteiger partial charge in [0.1, 0.15) is 18.4 Å². The minimum atomic E-state index is -4.31. The first-order valence-corrected chi connectivity index (χ1v) is 16.8. The van der Waals surface area contributed by atoms with E-state index in [0.29, 0.717) is 10.6 Å². The van der Waals surface area contributed by atoms with E-state index in [4.69, 9.17) is 23.2 Å². The zero-order valence-electron chi connectivity index (χ0n) is 26.0. The number of halogens is 3. The Bertz CT molecular complexity index is 1780. The molecule has 0 heterocycles. The van der Waals surface area contributed by atoms with E-state index >= 15 is 0 Å². The minimum absolute atomic E-state index is 0.0439. The molecule has 4 rings (SSSR count). The topological polar surface area (TPSA) is 86.8 Å². The van der Waals surface area contributed by atoms with Crippen molar-refractivity contribution in [2.24, 2.45) is 0 Å². The summed E-state index contributed by atoms with van der Waals surface area (Å²) in [4.78, 5) is 29.7. The van der Waals surface area contributed by atoms with E-state index in [1.54, 1.807) is 30.3 Å². The van der Waals surface area contributed by atoms with Crippen LogP contribution in [0, 0.1) is 12.7 Å². The standard InChI is InChI=1S/C35H36Cl2FN3O4S/c1-24-10-17-29(18-11-24)46(44,45)41(28-15-13-27(38)14-16-28)23-33(42)40(22-26-12-19-30(36)31(37)20-26)32(34(43)39-35(2,3)4)21-25-8-6-5-7-9-25/h5-20,32H,21-23H2,1-4H3,(H,39,43)/t32-/m1/s1. The van der Waals surface area contributed by atoms with Crippen LogP contribution in [-0.2, 0) is 32.6 Å². The van der Waals surface area contributed by atoms with E-state index in [2.05, 4.69) is 5.32 Å². The van der Waals surface area contributed by atoms with E-state index in [-0.39, 0.29) is 28.6 Å². The quantitative estimate of drug-likeness (QED) is 0.181. The van der Waals surface area contributed by atoms with Gasteiger partial charge >= 0.3 is 0 Å². The molecule has 1 N–H and O–H groups in total. The summed E-state index contributed by atoms with van der Waals surface area (Å²) in [5, 5.41) is 3.56. The van der Waals surface area contributed by atoms with Gasteiger partial charge in [-0.3, -0.25) is 13.9 Å². The molecule has 4 aromatic rings. The predicted molar refractivity (Wildman–Crippen MR) is 181 cm³/mol. The van der Waals surface area contributed by atoms with Gasteiger partial charge in [0.2, 0.25) is 11.8 Å². The van der Waals surface area contributed by atoms with Gasteiger partial charge < -0.3 is 10.2 Å². The lowest BCUT2D eigenvalue weighted by Crippen LogP contribution is -2.56. The molecular weight excluding hydrogens is 648 g/mol. The number of rotatable bonds is 11. The fourth-order valence-electron chi connectivity index (χ4n) is 4.82. The molecule has 11 heteroatoms. The molecule has 1 atom stereocenters. The zero-order valence-corrected chi connectivity index (χ0v) is 28.3. The number of amides is 2. The molecule has 0 aliphatic rings. The van der Waals surface area contributed by atoms with Crippen LogP contribution in [0.5, 0.6) is 0 Å². The summed E-state index contributed by atoms with van der Waals surface area (Å²) < 4.78 is 43.0. The van der Waals surface area contributed by atoms with Crippen molar-refractivity contribution in [1.82, 2.24) is 10.2 Å². The normalized spacial score (nSPS) is 12.3. The first-order valence-electron chi connectivity index (χ1n) is 14.6. The van der Waals surface area contributed by atoms with Crippen molar-refractivity contribution in [2.45, 2.75) is 57.1 Å². The van der Waals surface area contributed by atoms with E-state index in [1.807, 2.05) is 58.0 Å². The lowest BCUT2D eigenvalue weighted by atomic mass is 10.0. The summed E-state index contributed by atoms with van der Waals surface area (Å²) in [6, 6.07) is 24.1. The van der Waals surface area contributed by atoms with Crippen molar-refractivity contribution in [2.75, 3.05) is 10.8 Å². The van der Waals surface area contributed by atoms with Crippen LogP contribution in [0.2, 0.25) is 10.0 Å². The number of hydrogen-bond donors (Lipinski definition) is 1. The Balaban J connectivity index is 1.83. The van der Waals surface area contributed by atoms with Crippen LogP contribution in [0.1, 0.15) is 37.5 Å². The van der Waals surface area contributed by atoms with Gasteiger partial charge in [0.25, 0.3) is 10.0 Å². The third-order valence-electron chi connectivity index (χ3n) is 7.11. The second-order valence-electron chi connectivity index (χ2n) is 12.0. The van der Waals surface area contributed by atoms with E-state index in [0.717, 1.165) is 27.6 Å². The Morgan fingerprint density at radius 1 is 0.848 bits per heavy atom. The molecule has 242 valence electrons. The van der Waals surface area contributed by atoms with Crippen molar-refractivity contribution >= 4 is 50.7 Å². The molecule has 0 aliphatic carbocycles. The van der Waals surface area contributed by atoms with Crippen LogP contribution in [0.4, 0.5) is 10.1 Å². The van der Waals surface area contributed by atoms with Crippen molar-refractivity contribution in [3.63, 3.8) is 0 Å². The summed E-state index contributed by atoms with van der Waals surface area (Å²) in [5.74, 6) is -1.64. The number of hydrogen-bond acceptors (Lipinski definition) is 4. The molecule has 46 heavy (non-hydrogen) atoms. The van der Waals surface area contributed by atoms with E-state index < -0.39 is 45.8 Å². The monoisotopic (exact) mass is 683 g/mol. The number of benzene rings is 4. The molecular formula is C35H36Cl2FN3O4S. The van der Waals surface area contributed by atoms with Gasteiger partial charge in [0.05, 0.1) is 20.6 Å². The highest BCUT2D eigenvalue weighted by Crippen LogP contribution is 2.27. The fraction of sp³-hybridized carbons (Fsp3) is 0.257. The molecule has 0 aromatic heterocycles. The van der Waals surface area contributed by atoms with Crippen molar-refractivity contribution in [3.05, 3.63) is 130 Å². The number of anilines is 1. The minimum Gasteiger partial charge on any atom is -0.350 e. The Morgan fingerprint density at radius 2 is 1.48 bits per heavy atom. The van der Waals surface area contributed by atoms with E-state index in [1.165, 1.54) is 29.2 Å². The Kier molecular flexibility index (Phi) is 11.1. The van der Waals surface area contributed by atoms with Gasteiger partial charge in [-0.25, -0.2) is 12.8 Å². The number of nitrogens with zero attached hydrogens (tertiary/aromatic N) is 2. The molecule has 7 nitrogen and oxygen atoms in total. The molecule has 0 radical (unpaired) electrons. The van der Waals surface area contributed by atoms with E-state index in [9.17, 15) is 22.4 Å². The van der Waals surface area contributed by atoms with Crippen LogP contribution < -0.4 is 9.62 Å². The average molecular weight is 685 g/mol. The number of carbonyl (C=O) groups excluding carboxylic acids is 2. The number of carbonyl (C=O) groups is 2. The molecule has 0 spiro atoms. The summed E-state index contributed by atoms with van der Waals surface area (Å²) >= 11 is 12.5. The summed E-state index contributed by atoms with van der Waals surface area (Å²) in [6.07, 6.45) is 0.150. The predicted octanol–water partition coefficient (Wildman–Crippen LogP) is 7.19. The van der Waals surface area contributed by atoms with Crippen molar-refractivity contribution in [1.29, 1.82) is 0 Å². The second kappa shape index (κ2) is 14.7. The smallest absolute Gasteiger partial charge is 0.264 e. The lowest BCUT2D eigenvalue weighted by molar-refractivity contribution is -0.140. The van der Waals surface area contributed by atoms with Crippen LogP contribution in [-0.4, -0.2) is 43.3 Å². The summed E-state index contributed by atoms with van der Waals surface area (Å²) in [5.41, 5.74) is 1.69. The first kappa shape index (κ1) is 34.9. The number of nitrogens with one attached hydrogen (secondary N) is 1. The van der Waals surface area contributed by atoms with Gasteiger partial charge in [-0.1, -0.05) is 77.3 Å². The molecule has 0 unspecified atom stereocenters. The van der Waals surface area contributed by atoms with Crippen LogP contribution >= 0.6 is 23.2 Å². The van der Waals surface area contributed by atoms with Crippen LogP contribution in [0.3, 0.4) is 0 Å². The van der Waals surface area contributed by atoms with Gasteiger partial charge in [0, 0.05) is 18.5 Å². The second-order valence-corrected chi connectivity index (χ2v) is 14.7. The molecule has 4 aromatic carbocycles. The van der Waals surface area contributed by atoms with Crippen molar-refractivity contribution < 1.29 is 22.4 Å². The molecule has 0 saturated carbocycles. The zero-order chi connectivity index (χ0) is 33.6. The third-order valence-corrected chi connectivity index (χ3v) is 9.64. The Labute approximate surface area is 280 Å². The molecule has 0 aliphatic heterocycles. The summed E-state index contributed by atoms with van der Waals surface area (Å²) in [7, 11) is -4.31. The van der Waals surface area contributed by atoms with Crippen LogP contribution in [0.25, 0.3) is 0 Å². The van der Waals surface area contributed by atoms with Gasteiger partial charge in [-0.05, 0) is 87.4 Å². The Morgan fingerprint density at radius 3 is 2.07 bits per heavy atom. The Hall–Kier alpha value is -3.92.